The number of benzene rings is 2. The maximum atomic E-state index is 12.6. The topological polar surface area (TPSA) is 98.1 Å². The van der Waals surface area contributed by atoms with E-state index in [9.17, 15) is 9.59 Å². The SMILES string of the molecule is COc1ccccc1C(=O)Nc1nc2n(n1)C(c1ccc(Cl)cc1)CC(=O)N2. The lowest BCUT2D eigenvalue weighted by Gasteiger charge is -2.23. The van der Waals surface area contributed by atoms with Crippen LogP contribution in [0.2, 0.25) is 5.02 Å². The van der Waals surface area contributed by atoms with Crippen LogP contribution in [0, 0.1) is 0 Å². The van der Waals surface area contributed by atoms with E-state index in [2.05, 4.69) is 20.7 Å². The molecular weight excluding hydrogens is 382 g/mol. The number of anilines is 2. The van der Waals surface area contributed by atoms with Gasteiger partial charge in [0.15, 0.2) is 0 Å². The van der Waals surface area contributed by atoms with Gasteiger partial charge >= 0.3 is 0 Å². The van der Waals surface area contributed by atoms with Gasteiger partial charge in [-0.2, -0.15) is 4.98 Å². The van der Waals surface area contributed by atoms with Gasteiger partial charge in [-0.1, -0.05) is 35.9 Å². The number of aromatic nitrogens is 3. The van der Waals surface area contributed by atoms with Gasteiger partial charge in [0.05, 0.1) is 25.1 Å². The average Bonchev–Trinajstić information content (AvgIpc) is 3.09. The van der Waals surface area contributed by atoms with E-state index >= 15 is 0 Å². The normalized spacial score (nSPS) is 15.5. The molecule has 0 fully saturated rings. The Bertz CT molecular complexity index is 1050. The summed E-state index contributed by atoms with van der Waals surface area (Å²) in [7, 11) is 1.49. The second-order valence-electron chi connectivity index (χ2n) is 6.18. The molecule has 0 aliphatic carbocycles. The summed E-state index contributed by atoms with van der Waals surface area (Å²) in [6, 6.07) is 13.7. The zero-order valence-corrected chi connectivity index (χ0v) is 15.6. The number of halogens is 1. The summed E-state index contributed by atoms with van der Waals surface area (Å²) in [6.07, 6.45) is 0.206. The minimum absolute atomic E-state index is 0.0899. The van der Waals surface area contributed by atoms with Crippen molar-refractivity contribution in [2.24, 2.45) is 0 Å². The van der Waals surface area contributed by atoms with E-state index in [0.717, 1.165) is 5.56 Å². The van der Waals surface area contributed by atoms with Crippen molar-refractivity contribution >= 4 is 35.3 Å². The highest BCUT2D eigenvalue weighted by molar-refractivity contribution is 6.30. The van der Waals surface area contributed by atoms with E-state index in [0.29, 0.717) is 16.3 Å². The van der Waals surface area contributed by atoms with Crippen LogP contribution in [0.3, 0.4) is 0 Å². The summed E-state index contributed by atoms with van der Waals surface area (Å²) >= 11 is 5.95. The lowest BCUT2D eigenvalue weighted by atomic mass is 10.0. The minimum Gasteiger partial charge on any atom is -0.496 e. The number of amides is 2. The van der Waals surface area contributed by atoms with Crippen LogP contribution >= 0.6 is 11.6 Å². The molecule has 1 unspecified atom stereocenters. The standard InChI is InChI=1S/C19H16ClN5O3/c1-28-15-5-3-2-4-13(15)17(27)22-18-23-19-21-16(26)10-14(25(19)24-18)11-6-8-12(20)9-7-11/h2-9,14H,10H2,1H3,(H2,21,22,23,24,26,27). The minimum atomic E-state index is -0.408. The zero-order chi connectivity index (χ0) is 19.7. The Labute approximate surface area is 165 Å². The summed E-state index contributed by atoms with van der Waals surface area (Å²) in [5.74, 6) is 0.215. The van der Waals surface area contributed by atoms with Crippen molar-refractivity contribution in [3.63, 3.8) is 0 Å². The Balaban J connectivity index is 1.63. The van der Waals surface area contributed by atoms with E-state index in [-0.39, 0.29) is 30.3 Å². The first-order valence-electron chi connectivity index (χ1n) is 8.51. The molecule has 2 heterocycles. The van der Waals surface area contributed by atoms with Gasteiger partial charge in [0.2, 0.25) is 11.9 Å². The Morgan fingerprint density at radius 1 is 1.25 bits per heavy atom. The van der Waals surface area contributed by atoms with Crippen molar-refractivity contribution in [1.29, 1.82) is 0 Å². The van der Waals surface area contributed by atoms with Crippen molar-refractivity contribution in [3.8, 4) is 5.75 Å². The molecule has 9 heteroatoms. The summed E-state index contributed by atoms with van der Waals surface area (Å²) in [6.45, 7) is 0. The van der Waals surface area contributed by atoms with Crippen LogP contribution in [0.25, 0.3) is 0 Å². The summed E-state index contributed by atoms with van der Waals surface area (Å²) in [5, 5.41) is 10.3. The third-order valence-electron chi connectivity index (χ3n) is 4.39. The maximum absolute atomic E-state index is 12.6. The lowest BCUT2D eigenvalue weighted by molar-refractivity contribution is -0.117. The van der Waals surface area contributed by atoms with Crippen molar-refractivity contribution in [2.75, 3.05) is 17.7 Å². The number of ether oxygens (including phenoxy) is 1. The molecule has 0 saturated carbocycles. The van der Waals surface area contributed by atoms with Crippen molar-refractivity contribution in [1.82, 2.24) is 14.8 Å². The average molecular weight is 398 g/mol. The molecule has 1 atom stereocenters. The highest BCUT2D eigenvalue weighted by Crippen LogP contribution is 2.30. The van der Waals surface area contributed by atoms with Crippen LogP contribution in [0.5, 0.6) is 5.75 Å². The van der Waals surface area contributed by atoms with E-state index in [1.807, 2.05) is 12.1 Å². The molecular formula is C19H16ClN5O3. The first kappa shape index (κ1) is 18.0. The van der Waals surface area contributed by atoms with Gasteiger partial charge in [-0.15, -0.1) is 5.10 Å². The monoisotopic (exact) mass is 397 g/mol. The van der Waals surface area contributed by atoms with Gasteiger partial charge in [-0.05, 0) is 29.8 Å². The highest BCUT2D eigenvalue weighted by Gasteiger charge is 2.29. The number of para-hydroxylation sites is 1. The molecule has 28 heavy (non-hydrogen) atoms. The first-order chi connectivity index (χ1) is 13.5. The molecule has 2 amide bonds. The quantitative estimate of drug-likeness (QED) is 0.704. The number of carbonyl (C=O) groups excluding carboxylic acids is 2. The summed E-state index contributed by atoms with van der Waals surface area (Å²) in [4.78, 5) is 28.9. The van der Waals surface area contributed by atoms with Crippen LogP contribution in [-0.2, 0) is 4.79 Å². The number of fused-ring (bicyclic) bond motifs is 1. The Hall–Kier alpha value is -3.39. The second kappa shape index (κ2) is 7.32. The number of methoxy groups -OCH3 is 1. The maximum Gasteiger partial charge on any atom is 0.261 e. The molecule has 0 saturated heterocycles. The first-order valence-corrected chi connectivity index (χ1v) is 8.89. The van der Waals surface area contributed by atoms with Gasteiger partial charge in [-0.3, -0.25) is 20.2 Å². The van der Waals surface area contributed by atoms with Crippen LogP contribution in [0.4, 0.5) is 11.9 Å². The predicted molar refractivity (Wildman–Crippen MR) is 104 cm³/mol. The number of nitrogens with one attached hydrogen (secondary N) is 2. The van der Waals surface area contributed by atoms with Crippen molar-refractivity contribution in [2.45, 2.75) is 12.5 Å². The third kappa shape index (κ3) is 3.41. The van der Waals surface area contributed by atoms with Crippen molar-refractivity contribution in [3.05, 3.63) is 64.7 Å². The molecule has 8 nitrogen and oxygen atoms in total. The molecule has 3 aromatic rings. The molecule has 2 aromatic carbocycles. The number of hydrogen-bond acceptors (Lipinski definition) is 5. The molecule has 0 spiro atoms. The predicted octanol–water partition coefficient (Wildman–Crippen LogP) is 3.12. The molecule has 4 rings (SSSR count). The fraction of sp³-hybridized carbons (Fsp3) is 0.158. The molecule has 2 N–H and O–H groups in total. The molecule has 1 aliphatic rings. The fourth-order valence-corrected chi connectivity index (χ4v) is 3.19. The van der Waals surface area contributed by atoms with Gasteiger partial charge in [0.1, 0.15) is 5.75 Å². The Kier molecular flexibility index (Phi) is 4.70. The number of rotatable bonds is 4. The molecule has 1 aliphatic heterocycles. The number of hydrogen-bond donors (Lipinski definition) is 2. The largest absolute Gasteiger partial charge is 0.496 e. The van der Waals surface area contributed by atoms with Gasteiger partial charge in [0, 0.05) is 5.02 Å². The van der Waals surface area contributed by atoms with Crippen molar-refractivity contribution < 1.29 is 14.3 Å². The lowest BCUT2D eigenvalue weighted by Crippen LogP contribution is -2.29. The second-order valence-corrected chi connectivity index (χ2v) is 6.61. The van der Waals surface area contributed by atoms with E-state index < -0.39 is 5.91 Å². The summed E-state index contributed by atoms with van der Waals surface area (Å²) < 4.78 is 6.80. The highest BCUT2D eigenvalue weighted by atomic mass is 35.5. The molecule has 142 valence electrons. The molecule has 0 radical (unpaired) electrons. The Morgan fingerprint density at radius 3 is 2.75 bits per heavy atom. The van der Waals surface area contributed by atoms with Gasteiger partial charge in [0.25, 0.3) is 11.9 Å². The van der Waals surface area contributed by atoms with Crippen LogP contribution in [-0.4, -0.2) is 33.7 Å². The van der Waals surface area contributed by atoms with E-state index in [1.165, 1.54) is 7.11 Å². The zero-order valence-electron chi connectivity index (χ0n) is 14.8. The smallest absolute Gasteiger partial charge is 0.261 e. The fourth-order valence-electron chi connectivity index (χ4n) is 3.06. The van der Waals surface area contributed by atoms with E-state index in [1.54, 1.807) is 41.1 Å². The van der Waals surface area contributed by atoms with Crippen LogP contribution in [0.1, 0.15) is 28.4 Å². The Morgan fingerprint density at radius 2 is 2.00 bits per heavy atom. The third-order valence-corrected chi connectivity index (χ3v) is 4.64. The number of nitrogens with zero attached hydrogens (tertiary/aromatic N) is 3. The van der Waals surface area contributed by atoms with Gasteiger partial charge in [-0.25, -0.2) is 4.68 Å². The summed E-state index contributed by atoms with van der Waals surface area (Å²) in [5.41, 5.74) is 1.23. The van der Waals surface area contributed by atoms with Gasteiger partial charge < -0.3 is 4.74 Å². The van der Waals surface area contributed by atoms with E-state index in [4.69, 9.17) is 16.3 Å². The molecule has 1 aromatic heterocycles. The van der Waals surface area contributed by atoms with Crippen LogP contribution < -0.4 is 15.4 Å². The van der Waals surface area contributed by atoms with Crippen LogP contribution in [0.15, 0.2) is 48.5 Å². The number of carbonyl (C=O) groups is 2. The molecule has 0 bridgehead atoms.